The molecule has 0 radical (unpaired) electrons. The second-order valence-electron chi connectivity index (χ2n) is 4.36. The summed E-state index contributed by atoms with van der Waals surface area (Å²) in [5.74, 6) is -0.152. The van der Waals surface area contributed by atoms with E-state index in [0.717, 1.165) is 6.42 Å². The van der Waals surface area contributed by atoms with Crippen LogP contribution in [0.15, 0.2) is 0 Å². The highest BCUT2D eigenvalue weighted by Gasteiger charge is 2.18. The van der Waals surface area contributed by atoms with Gasteiger partial charge in [0.2, 0.25) is 10.1 Å². The van der Waals surface area contributed by atoms with Gasteiger partial charge >= 0.3 is 0 Å². The summed E-state index contributed by atoms with van der Waals surface area (Å²) >= 11 is 1.25. The van der Waals surface area contributed by atoms with Crippen LogP contribution in [-0.4, -0.2) is 29.7 Å². The fraction of sp³-hybridized carbons (Fsp3) is 0.700. The minimum Gasteiger partial charge on any atom is -0.363 e. The molecule has 0 aliphatic rings. The predicted octanol–water partition coefficient (Wildman–Crippen LogP) is 1.75. The first-order chi connectivity index (χ1) is 7.48. The molecular formula is C10H18N4OS. The summed E-state index contributed by atoms with van der Waals surface area (Å²) in [4.78, 5) is 11.7. The van der Waals surface area contributed by atoms with Crippen molar-refractivity contribution in [1.29, 1.82) is 0 Å². The summed E-state index contributed by atoms with van der Waals surface area (Å²) < 4.78 is 0. The Hall–Kier alpha value is -1.17. The zero-order valence-electron chi connectivity index (χ0n) is 10.1. The molecule has 0 unspecified atom stereocenters. The molecule has 0 bridgehead atoms. The summed E-state index contributed by atoms with van der Waals surface area (Å²) in [6, 6.07) is 0. The first-order valence-corrected chi connectivity index (χ1v) is 6.09. The van der Waals surface area contributed by atoms with Gasteiger partial charge < -0.3 is 10.6 Å². The van der Waals surface area contributed by atoms with Crippen molar-refractivity contribution >= 4 is 22.4 Å². The smallest absolute Gasteiger partial charge is 0.282 e. The van der Waals surface area contributed by atoms with E-state index in [0.29, 0.717) is 16.7 Å². The van der Waals surface area contributed by atoms with Gasteiger partial charge in [0.1, 0.15) is 0 Å². The molecule has 16 heavy (non-hydrogen) atoms. The highest BCUT2D eigenvalue weighted by Crippen LogP contribution is 2.19. The maximum atomic E-state index is 11.7. The number of carbonyl (C=O) groups is 1. The van der Waals surface area contributed by atoms with E-state index in [1.807, 2.05) is 0 Å². The lowest BCUT2D eigenvalue weighted by Gasteiger charge is -2.22. The summed E-state index contributed by atoms with van der Waals surface area (Å²) in [6.07, 6.45) is 1.02. The summed E-state index contributed by atoms with van der Waals surface area (Å²) in [5, 5.41) is 14.4. The van der Waals surface area contributed by atoms with Gasteiger partial charge in [-0.15, -0.1) is 10.2 Å². The van der Waals surface area contributed by atoms with Gasteiger partial charge in [-0.25, -0.2) is 0 Å². The normalized spacial score (nSPS) is 11.2. The number of amides is 1. The molecular weight excluding hydrogens is 224 g/mol. The lowest BCUT2D eigenvalue weighted by atomic mass is 9.90. The number of rotatable bonds is 5. The van der Waals surface area contributed by atoms with Crippen molar-refractivity contribution in [2.75, 3.05) is 18.9 Å². The van der Waals surface area contributed by atoms with Crippen molar-refractivity contribution in [2.45, 2.75) is 27.2 Å². The monoisotopic (exact) mass is 242 g/mol. The first kappa shape index (κ1) is 12.9. The molecule has 1 rings (SSSR count). The molecule has 1 heterocycles. The van der Waals surface area contributed by atoms with Crippen molar-refractivity contribution in [3.8, 4) is 0 Å². The topological polar surface area (TPSA) is 66.9 Å². The Balaban J connectivity index is 2.53. The molecule has 6 heteroatoms. The first-order valence-electron chi connectivity index (χ1n) is 5.28. The number of hydrogen-bond donors (Lipinski definition) is 2. The average molecular weight is 242 g/mol. The second-order valence-corrected chi connectivity index (χ2v) is 5.34. The summed E-state index contributed by atoms with van der Waals surface area (Å²) in [7, 11) is 1.75. The molecule has 2 N–H and O–H groups in total. The Morgan fingerprint density at radius 2 is 2.12 bits per heavy atom. The number of nitrogens with one attached hydrogen (secondary N) is 2. The molecule has 0 aliphatic heterocycles. The predicted molar refractivity (Wildman–Crippen MR) is 65.9 cm³/mol. The van der Waals surface area contributed by atoms with Gasteiger partial charge in [0.25, 0.3) is 5.91 Å². The Morgan fingerprint density at radius 3 is 2.62 bits per heavy atom. The molecule has 0 saturated carbocycles. The number of aromatic nitrogens is 2. The Bertz CT molecular complexity index is 361. The van der Waals surface area contributed by atoms with Crippen LogP contribution in [0.1, 0.15) is 37.0 Å². The molecule has 90 valence electrons. The molecule has 1 aromatic rings. The van der Waals surface area contributed by atoms with Crippen LogP contribution in [0.5, 0.6) is 0 Å². The number of carbonyl (C=O) groups excluding carboxylic acids is 1. The standard InChI is InChI=1S/C10H18N4OS/c1-5-10(2,3)6-12-7(15)8-13-14-9(11-4)16-8/h5-6H2,1-4H3,(H,11,14)(H,12,15). The van der Waals surface area contributed by atoms with Crippen molar-refractivity contribution in [3.05, 3.63) is 5.01 Å². The van der Waals surface area contributed by atoms with Crippen LogP contribution >= 0.6 is 11.3 Å². The quantitative estimate of drug-likeness (QED) is 0.825. The maximum Gasteiger partial charge on any atom is 0.282 e. The summed E-state index contributed by atoms with van der Waals surface area (Å²) in [5.41, 5.74) is 0.117. The SMILES string of the molecule is CCC(C)(C)CNC(=O)c1nnc(NC)s1. The number of anilines is 1. The molecule has 0 aliphatic carbocycles. The molecule has 0 spiro atoms. The second kappa shape index (κ2) is 5.25. The molecule has 1 aromatic heterocycles. The largest absolute Gasteiger partial charge is 0.363 e. The van der Waals surface area contributed by atoms with E-state index in [4.69, 9.17) is 0 Å². The molecule has 0 atom stereocenters. The van der Waals surface area contributed by atoms with Gasteiger partial charge in [0, 0.05) is 13.6 Å². The number of hydrogen-bond acceptors (Lipinski definition) is 5. The van der Waals surface area contributed by atoms with Crippen LogP contribution in [0, 0.1) is 5.41 Å². The van der Waals surface area contributed by atoms with Crippen molar-refractivity contribution < 1.29 is 4.79 Å². The highest BCUT2D eigenvalue weighted by molar-refractivity contribution is 7.17. The molecule has 5 nitrogen and oxygen atoms in total. The molecule has 0 aromatic carbocycles. The average Bonchev–Trinajstić information content (AvgIpc) is 2.74. The van der Waals surface area contributed by atoms with E-state index in [9.17, 15) is 4.79 Å². The lowest BCUT2D eigenvalue weighted by molar-refractivity contribution is 0.0934. The molecule has 0 saturated heterocycles. The van der Waals surface area contributed by atoms with Crippen LogP contribution < -0.4 is 10.6 Å². The Labute approximate surface area is 99.7 Å². The van der Waals surface area contributed by atoms with Gasteiger partial charge in [-0.2, -0.15) is 0 Å². The van der Waals surface area contributed by atoms with Gasteiger partial charge in [-0.3, -0.25) is 4.79 Å². The van der Waals surface area contributed by atoms with Crippen LogP contribution in [0.4, 0.5) is 5.13 Å². The zero-order valence-corrected chi connectivity index (χ0v) is 10.9. The Kier molecular flexibility index (Phi) is 4.23. The molecule has 0 fully saturated rings. The lowest BCUT2D eigenvalue weighted by Crippen LogP contribution is -2.33. The van der Waals surface area contributed by atoms with Crippen molar-refractivity contribution in [1.82, 2.24) is 15.5 Å². The van der Waals surface area contributed by atoms with Crippen molar-refractivity contribution in [3.63, 3.8) is 0 Å². The Morgan fingerprint density at radius 1 is 1.44 bits per heavy atom. The fourth-order valence-corrected chi connectivity index (χ4v) is 1.55. The van der Waals surface area contributed by atoms with E-state index >= 15 is 0 Å². The van der Waals surface area contributed by atoms with Crippen LogP contribution in [0.25, 0.3) is 0 Å². The zero-order chi connectivity index (χ0) is 12.2. The van der Waals surface area contributed by atoms with E-state index < -0.39 is 0 Å². The summed E-state index contributed by atoms with van der Waals surface area (Å²) in [6.45, 7) is 6.99. The van der Waals surface area contributed by atoms with E-state index in [2.05, 4.69) is 41.6 Å². The van der Waals surface area contributed by atoms with E-state index in [-0.39, 0.29) is 11.3 Å². The van der Waals surface area contributed by atoms with Gasteiger partial charge in [0.15, 0.2) is 0 Å². The third-order valence-electron chi connectivity index (χ3n) is 2.52. The highest BCUT2D eigenvalue weighted by atomic mass is 32.1. The third-order valence-corrected chi connectivity index (χ3v) is 3.46. The van der Waals surface area contributed by atoms with Gasteiger partial charge in [-0.05, 0) is 11.8 Å². The van der Waals surface area contributed by atoms with E-state index in [1.165, 1.54) is 11.3 Å². The maximum absolute atomic E-state index is 11.7. The van der Waals surface area contributed by atoms with Gasteiger partial charge in [0.05, 0.1) is 0 Å². The van der Waals surface area contributed by atoms with Crippen molar-refractivity contribution in [2.24, 2.45) is 5.41 Å². The number of nitrogens with zero attached hydrogens (tertiary/aromatic N) is 2. The van der Waals surface area contributed by atoms with Crippen LogP contribution in [0.2, 0.25) is 0 Å². The van der Waals surface area contributed by atoms with Gasteiger partial charge in [-0.1, -0.05) is 32.1 Å². The van der Waals surface area contributed by atoms with E-state index in [1.54, 1.807) is 7.05 Å². The molecule has 1 amide bonds. The third kappa shape index (κ3) is 3.44. The fourth-order valence-electron chi connectivity index (χ4n) is 0.936. The minimum atomic E-state index is -0.152. The van der Waals surface area contributed by atoms with Crippen LogP contribution in [-0.2, 0) is 0 Å². The minimum absolute atomic E-state index is 0.117. The van der Waals surface area contributed by atoms with Crippen LogP contribution in [0.3, 0.4) is 0 Å².